The highest BCUT2D eigenvalue weighted by molar-refractivity contribution is 5.96. The molecule has 3 rings (SSSR count). The molecule has 0 aliphatic rings. The Balaban J connectivity index is 2.79. The molecule has 0 saturated heterocycles. The Kier molecular flexibility index (Phi) is 3.66. The largest absolute Gasteiger partial charge is 0.419 e. The third-order valence-electron chi connectivity index (χ3n) is 2.82. The van der Waals surface area contributed by atoms with Crippen LogP contribution in [0.2, 0.25) is 0 Å². The fourth-order valence-electron chi connectivity index (χ4n) is 1.85. The number of hydrogen-bond donors (Lipinski definition) is 0. The second kappa shape index (κ2) is 5.80. The van der Waals surface area contributed by atoms with Crippen molar-refractivity contribution in [3.63, 3.8) is 0 Å². The molecule has 1 aromatic carbocycles. The van der Waals surface area contributed by atoms with Crippen molar-refractivity contribution in [2.24, 2.45) is 0 Å². The van der Waals surface area contributed by atoms with Crippen LogP contribution in [0, 0.1) is 0 Å². The number of rotatable bonds is 0. The Bertz CT molecular complexity index is 1300. The van der Waals surface area contributed by atoms with Crippen molar-refractivity contribution in [3.8, 4) is 0 Å². The molecular formula is C15H6O9. The van der Waals surface area contributed by atoms with Crippen molar-refractivity contribution in [1.82, 2.24) is 0 Å². The standard InChI is InChI=1S/C15H6O9/c16-9-3-4-11(18)23-14-8(21-9)2-1-7-13(14)22-10(17)5-6-12(19)24-15(7)20/h1-6H. The fourth-order valence-corrected chi connectivity index (χ4v) is 1.85. The third kappa shape index (κ3) is 2.90. The Labute approximate surface area is 129 Å². The average Bonchev–Trinajstić information content (AvgIpc) is 2.56. The molecule has 0 radical (unpaired) electrons. The topological polar surface area (TPSA) is 138 Å². The van der Waals surface area contributed by atoms with Crippen LogP contribution in [0.3, 0.4) is 0 Å². The molecule has 0 spiro atoms. The second-order valence-corrected chi connectivity index (χ2v) is 4.41. The first-order valence-corrected chi connectivity index (χ1v) is 6.39. The van der Waals surface area contributed by atoms with Crippen LogP contribution in [0.1, 0.15) is 0 Å². The van der Waals surface area contributed by atoms with Gasteiger partial charge in [-0.25, -0.2) is 24.0 Å². The van der Waals surface area contributed by atoms with Crippen LogP contribution in [-0.4, -0.2) is 0 Å². The number of fused-ring (bicyclic) bond motifs is 3. The maximum absolute atomic E-state index is 12.0. The van der Waals surface area contributed by atoms with Crippen LogP contribution in [0.15, 0.2) is 78.0 Å². The Morgan fingerprint density at radius 1 is 0.500 bits per heavy atom. The van der Waals surface area contributed by atoms with Crippen LogP contribution in [0.25, 0.3) is 22.1 Å². The van der Waals surface area contributed by atoms with Gasteiger partial charge in [0.1, 0.15) is 5.39 Å². The van der Waals surface area contributed by atoms with Gasteiger partial charge in [0.05, 0.1) is 0 Å². The van der Waals surface area contributed by atoms with Crippen molar-refractivity contribution < 1.29 is 17.7 Å². The lowest BCUT2D eigenvalue weighted by Gasteiger charge is -1.94. The minimum atomic E-state index is -1.14. The molecule has 120 valence electrons. The van der Waals surface area contributed by atoms with Crippen molar-refractivity contribution >= 4 is 22.1 Å². The number of benzene rings is 1. The lowest BCUT2D eigenvalue weighted by molar-refractivity contribution is 0.483. The van der Waals surface area contributed by atoms with Gasteiger partial charge in [0.2, 0.25) is 5.58 Å². The highest BCUT2D eigenvalue weighted by Gasteiger charge is 2.10. The van der Waals surface area contributed by atoms with E-state index in [2.05, 4.69) is 4.42 Å². The second-order valence-electron chi connectivity index (χ2n) is 4.41. The predicted octanol–water partition coefficient (Wildman–Crippen LogP) is 0.290. The Morgan fingerprint density at radius 2 is 1.00 bits per heavy atom. The molecule has 0 N–H and O–H groups in total. The maximum Gasteiger partial charge on any atom is 0.349 e. The normalized spacial score (nSPS) is 10.5. The maximum atomic E-state index is 12.0. The molecule has 0 unspecified atom stereocenters. The van der Waals surface area contributed by atoms with E-state index in [0.29, 0.717) is 6.07 Å². The monoisotopic (exact) mass is 330 g/mol. The summed E-state index contributed by atoms with van der Waals surface area (Å²) in [6, 6.07) is 5.28. The molecule has 24 heavy (non-hydrogen) atoms. The molecule has 2 heterocycles. The first-order valence-electron chi connectivity index (χ1n) is 6.39. The van der Waals surface area contributed by atoms with E-state index in [1.165, 1.54) is 0 Å². The van der Waals surface area contributed by atoms with Gasteiger partial charge in [-0.1, -0.05) is 0 Å². The van der Waals surface area contributed by atoms with Gasteiger partial charge >= 0.3 is 28.1 Å². The van der Waals surface area contributed by atoms with Crippen molar-refractivity contribution in [2.45, 2.75) is 0 Å². The molecule has 0 aliphatic carbocycles. The summed E-state index contributed by atoms with van der Waals surface area (Å²) in [6.45, 7) is 0. The van der Waals surface area contributed by atoms with Gasteiger partial charge in [-0.05, 0) is 12.1 Å². The highest BCUT2D eigenvalue weighted by Crippen LogP contribution is 2.18. The zero-order valence-corrected chi connectivity index (χ0v) is 11.6. The molecule has 0 bridgehead atoms. The first-order chi connectivity index (χ1) is 11.4. The summed E-state index contributed by atoms with van der Waals surface area (Å²) < 4.78 is 19.3. The Hall–Kier alpha value is -3.75. The van der Waals surface area contributed by atoms with E-state index in [-0.39, 0.29) is 11.0 Å². The molecule has 0 aliphatic heterocycles. The van der Waals surface area contributed by atoms with E-state index in [1.807, 2.05) is 0 Å². The number of hydrogen-bond acceptors (Lipinski definition) is 9. The zero-order valence-electron chi connectivity index (χ0n) is 11.6. The fraction of sp³-hybridized carbons (Fsp3) is 0. The first kappa shape index (κ1) is 15.2. The van der Waals surface area contributed by atoms with Gasteiger partial charge in [0.25, 0.3) is 0 Å². The van der Waals surface area contributed by atoms with Gasteiger partial charge in [-0.3, -0.25) is 0 Å². The summed E-state index contributed by atoms with van der Waals surface area (Å²) >= 11 is 0. The third-order valence-corrected chi connectivity index (χ3v) is 2.82. The van der Waals surface area contributed by atoms with E-state index in [1.54, 1.807) is 0 Å². The van der Waals surface area contributed by atoms with Gasteiger partial charge < -0.3 is 17.7 Å². The Morgan fingerprint density at radius 3 is 1.62 bits per heavy atom. The van der Waals surface area contributed by atoms with Gasteiger partial charge in [0.15, 0.2) is 11.2 Å². The summed E-state index contributed by atoms with van der Waals surface area (Å²) in [5.41, 5.74) is -6.33. The highest BCUT2D eigenvalue weighted by atomic mass is 16.4. The van der Waals surface area contributed by atoms with E-state index in [4.69, 9.17) is 13.3 Å². The molecule has 0 atom stereocenters. The minimum absolute atomic E-state index is 0.258. The van der Waals surface area contributed by atoms with Crippen LogP contribution < -0.4 is 28.1 Å². The molecular weight excluding hydrogens is 324 g/mol. The van der Waals surface area contributed by atoms with E-state index >= 15 is 0 Å². The van der Waals surface area contributed by atoms with Gasteiger partial charge in [-0.15, -0.1) is 0 Å². The van der Waals surface area contributed by atoms with Gasteiger partial charge in [0, 0.05) is 24.3 Å². The van der Waals surface area contributed by atoms with Gasteiger partial charge in [-0.2, -0.15) is 0 Å². The summed E-state index contributed by atoms with van der Waals surface area (Å²) in [4.78, 5) is 58.1. The smallest absolute Gasteiger partial charge is 0.349 e. The van der Waals surface area contributed by atoms with Crippen LogP contribution >= 0.6 is 0 Å². The summed E-state index contributed by atoms with van der Waals surface area (Å²) in [7, 11) is 0. The quantitative estimate of drug-likeness (QED) is 0.569. The molecule has 0 saturated carbocycles. The summed E-state index contributed by atoms with van der Waals surface area (Å²) in [5, 5.41) is -0.368. The lowest BCUT2D eigenvalue weighted by Crippen LogP contribution is -2.05. The SMILES string of the molecule is O=c1ccc(=O)oc2c(ccc3oc(=O)ccc(=O)oc32)c(=O)o1. The molecule has 0 fully saturated rings. The van der Waals surface area contributed by atoms with Crippen LogP contribution in [-0.2, 0) is 0 Å². The van der Waals surface area contributed by atoms with E-state index < -0.39 is 39.3 Å². The predicted molar refractivity (Wildman–Crippen MR) is 79.5 cm³/mol. The van der Waals surface area contributed by atoms with E-state index in [0.717, 1.165) is 30.3 Å². The zero-order chi connectivity index (χ0) is 17.3. The lowest BCUT2D eigenvalue weighted by atomic mass is 10.2. The van der Waals surface area contributed by atoms with Crippen LogP contribution in [0.4, 0.5) is 0 Å². The van der Waals surface area contributed by atoms with E-state index in [9.17, 15) is 24.0 Å². The molecule has 2 aromatic heterocycles. The van der Waals surface area contributed by atoms with Crippen molar-refractivity contribution in [1.29, 1.82) is 0 Å². The molecule has 3 aromatic rings. The molecule has 0 amide bonds. The summed E-state index contributed by atoms with van der Waals surface area (Å²) in [6.07, 6.45) is 0. The average molecular weight is 330 g/mol. The minimum Gasteiger partial charge on any atom is -0.419 e. The molecule has 9 heteroatoms. The van der Waals surface area contributed by atoms with Crippen LogP contribution in [0.5, 0.6) is 0 Å². The summed E-state index contributed by atoms with van der Waals surface area (Å²) in [5.74, 6) is 0. The van der Waals surface area contributed by atoms with Crippen molar-refractivity contribution in [3.05, 3.63) is 88.5 Å². The molecule has 9 nitrogen and oxygen atoms in total. The van der Waals surface area contributed by atoms with Crippen molar-refractivity contribution in [2.75, 3.05) is 0 Å².